The molecule has 6 nitrogen and oxygen atoms in total. The Balaban J connectivity index is 1.73. The second-order valence-electron chi connectivity index (χ2n) is 6.99. The number of aryl methyl sites for hydroxylation is 1. The molecule has 1 fully saturated rings. The maximum atomic E-state index is 13.3. The van der Waals surface area contributed by atoms with Crippen molar-refractivity contribution in [2.75, 3.05) is 18.5 Å². The number of nitrogens with zero attached hydrogens (tertiary/aromatic N) is 1. The fraction of sp³-hybridized carbons (Fsp3) is 0.286. The van der Waals surface area contributed by atoms with Crippen molar-refractivity contribution in [2.24, 2.45) is 0 Å². The van der Waals surface area contributed by atoms with Crippen LogP contribution >= 0.6 is 0 Å². The number of nitrogens with one attached hydrogen (secondary N) is 1. The molecule has 3 aromatic rings. The monoisotopic (exact) mass is 416 g/mol. The Morgan fingerprint density at radius 1 is 1.14 bits per heavy atom. The number of oxazole rings is 1. The highest BCUT2D eigenvalue weighted by Crippen LogP contribution is 2.32. The molecule has 0 saturated carbocycles. The lowest BCUT2D eigenvalue weighted by Crippen LogP contribution is -2.19. The first kappa shape index (κ1) is 19.6. The molecule has 1 aromatic heterocycles. The standard InChI is InChI=1S/C21H21FN2O4S/c1-14-4-10-18(11-5-14)29(25,26)21-20(23-13-17-3-2-12-27-17)28-19(24-21)15-6-8-16(22)9-7-15/h4-11,17,23H,2-3,12-13H2,1H3/t17-/m0/s1. The van der Waals surface area contributed by atoms with Crippen LogP contribution in [0.5, 0.6) is 0 Å². The van der Waals surface area contributed by atoms with Crippen LogP contribution in [-0.4, -0.2) is 32.7 Å². The highest BCUT2D eigenvalue weighted by Gasteiger charge is 2.29. The van der Waals surface area contributed by atoms with E-state index in [4.69, 9.17) is 9.15 Å². The summed E-state index contributed by atoms with van der Waals surface area (Å²) in [4.78, 5) is 4.37. The van der Waals surface area contributed by atoms with Crippen LogP contribution in [-0.2, 0) is 14.6 Å². The lowest BCUT2D eigenvalue weighted by atomic mass is 10.2. The van der Waals surface area contributed by atoms with E-state index in [-0.39, 0.29) is 27.8 Å². The number of anilines is 1. The summed E-state index contributed by atoms with van der Waals surface area (Å²) in [7, 11) is -3.91. The smallest absolute Gasteiger partial charge is 0.233 e. The predicted octanol–water partition coefficient (Wildman–Crippen LogP) is 4.21. The second kappa shape index (κ2) is 7.96. The van der Waals surface area contributed by atoms with Crippen LogP contribution in [0.2, 0.25) is 0 Å². The van der Waals surface area contributed by atoms with E-state index in [9.17, 15) is 12.8 Å². The Labute approximate surface area is 168 Å². The summed E-state index contributed by atoms with van der Waals surface area (Å²) in [6, 6.07) is 12.1. The molecule has 1 atom stereocenters. The zero-order chi connectivity index (χ0) is 20.4. The topological polar surface area (TPSA) is 81.4 Å². The number of ether oxygens (including phenoxy) is 1. The van der Waals surface area contributed by atoms with E-state index in [0.717, 1.165) is 18.4 Å². The minimum absolute atomic E-state index is 0.00991. The molecule has 2 heterocycles. The van der Waals surface area contributed by atoms with Crippen molar-refractivity contribution in [3.05, 3.63) is 59.9 Å². The van der Waals surface area contributed by atoms with E-state index in [2.05, 4.69) is 10.3 Å². The molecule has 0 amide bonds. The van der Waals surface area contributed by atoms with Gasteiger partial charge < -0.3 is 14.5 Å². The number of benzene rings is 2. The van der Waals surface area contributed by atoms with Gasteiger partial charge in [0.15, 0.2) is 0 Å². The molecule has 0 bridgehead atoms. The van der Waals surface area contributed by atoms with Gasteiger partial charge in [0, 0.05) is 18.7 Å². The fourth-order valence-electron chi connectivity index (χ4n) is 3.16. The third-order valence-corrected chi connectivity index (χ3v) is 6.47. The van der Waals surface area contributed by atoms with Crippen LogP contribution in [0.25, 0.3) is 11.5 Å². The van der Waals surface area contributed by atoms with Gasteiger partial charge in [0.25, 0.3) is 0 Å². The number of aromatic nitrogens is 1. The third-order valence-electron chi connectivity index (χ3n) is 4.79. The number of rotatable bonds is 6. The van der Waals surface area contributed by atoms with Gasteiger partial charge in [-0.3, -0.25) is 0 Å². The largest absolute Gasteiger partial charge is 0.419 e. The number of hydrogen-bond acceptors (Lipinski definition) is 6. The maximum Gasteiger partial charge on any atom is 0.233 e. The molecule has 0 unspecified atom stereocenters. The summed E-state index contributed by atoms with van der Waals surface area (Å²) in [5.41, 5.74) is 1.43. The molecule has 152 valence electrons. The highest BCUT2D eigenvalue weighted by molar-refractivity contribution is 7.91. The third kappa shape index (κ3) is 4.18. The van der Waals surface area contributed by atoms with Crippen molar-refractivity contribution in [1.29, 1.82) is 0 Å². The second-order valence-corrected chi connectivity index (χ2v) is 8.86. The van der Waals surface area contributed by atoms with Gasteiger partial charge in [-0.05, 0) is 56.2 Å². The number of sulfone groups is 1. The van der Waals surface area contributed by atoms with Gasteiger partial charge >= 0.3 is 0 Å². The molecular formula is C21H21FN2O4S. The molecule has 4 rings (SSSR count). The van der Waals surface area contributed by atoms with E-state index in [1.54, 1.807) is 24.3 Å². The first-order valence-electron chi connectivity index (χ1n) is 9.37. The molecular weight excluding hydrogens is 395 g/mol. The average Bonchev–Trinajstić information content (AvgIpc) is 3.37. The van der Waals surface area contributed by atoms with Gasteiger partial charge in [-0.2, -0.15) is 4.98 Å². The van der Waals surface area contributed by atoms with Crippen molar-refractivity contribution in [2.45, 2.75) is 35.8 Å². The van der Waals surface area contributed by atoms with Gasteiger partial charge in [-0.1, -0.05) is 17.7 Å². The molecule has 8 heteroatoms. The Bertz CT molecular complexity index is 1090. The van der Waals surface area contributed by atoms with Crippen molar-refractivity contribution < 1.29 is 22.0 Å². The van der Waals surface area contributed by atoms with Crippen molar-refractivity contribution in [1.82, 2.24) is 4.98 Å². The van der Waals surface area contributed by atoms with Crippen LogP contribution in [0, 0.1) is 12.7 Å². The first-order valence-corrected chi connectivity index (χ1v) is 10.9. The summed E-state index contributed by atoms with van der Waals surface area (Å²) in [6.45, 7) is 2.99. The van der Waals surface area contributed by atoms with E-state index < -0.39 is 15.7 Å². The molecule has 29 heavy (non-hydrogen) atoms. The summed E-state index contributed by atoms with van der Waals surface area (Å²) >= 11 is 0. The Hall–Kier alpha value is -2.71. The Morgan fingerprint density at radius 2 is 1.86 bits per heavy atom. The quantitative estimate of drug-likeness (QED) is 0.648. The van der Waals surface area contributed by atoms with Gasteiger partial charge in [0.1, 0.15) is 5.82 Å². The minimum atomic E-state index is -3.91. The van der Waals surface area contributed by atoms with Gasteiger partial charge in [0.2, 0.25) is 26.6 Å². The molecule has 1 saturated heterocycles. The van der Waals surface area contributed by atoms with Crippen molar-refractivity contribution >= 4 is 15.7 Å². The van der Waals surface area contributed by atoms with Crippen LogP contribution in [0.4, 0.5) is 10.3 Å². The Morgan fingerprint density at radius 3 is 2.52 bits per heavy atom. The van der Waals surface area contributed by atoms with Gasteiger partial charge in [0.05, 0.1) is 11.0 Å². The zero-order valence-electron chi connectivity index (χ0n) is 15.9. The normalized spacial score (nSPS) is 16.8. The lowest BCUT2D eigenvalue weighted by molar-refractivity contribution is 0.120. The van der Waals surface area contributed by atoms with E-state index in [1.165, 1.54) is 24.3 Å². The summed E-state index contributed by atoms with van der Waals surface area (Å²) in [5.74, 6) is -0.240. The average molecular weight is 416 g/mol. The van der Waals surface area contributed by atoms with E-state index >= 15 is 0 Å². The van der Waals surface area contributed by atoms with Gasteiger partial charge in [-0.25, -0.2) is 12.8 Å². The van der Waals surface area contributed by atoms with E-state index in [1.807, 2.05) is 6.92 Å². The molecule has 1 aliphatic heterocycles. The van der Waals surface area contributed by atoms with Crippen molar-refractivity contribution in [3.63, 3.8) is 0 Å². The fourth-order valence-corrected chi connectivity index (χ4v) is 4.44. The van der Waals surface area contributed by atoms with E-state index in [0.29, 0.717) is 18.7 Å². The molecule has 1 aliphatic rings. The summed E-state index contributed by atoms with van der Waals surface area (Å²) in [6.07, 6.45) is 1.86. The predicted molar refractivity (Wildman–Crippen MR) is 106 cm³/mol. The molecule has 0 radical (unpaired) electrons. The minimum Gasteiger partial charge on any atom is -0.419 e. The first-order chi connectivity index (χ1) is 13.9. The number of halogens is 1. The van der Waals surface area contributed by atoms with Crippen LogP contribution < -0.4 is 5.32 Å². The van der Waals surface area contributed by atoms with Crippen LogP contribution in [0.1, 0.15) is 18.4 Å². The SMILES string of the molecule is Cc1ccc(S(=O)(=O)c2nc(-c3ccc(F)cc3)oc2NC[C@@H]2CCCO2)cc1. The molecule has 2 aromatic carbocycles. The molecule has 0 spiro atoms. The van der Waals surface area contributed by atoms with Gasteiger partial charge in [-0.15, -0.1) is 0 Å². The Kier molecular flexibility index (Phi) is 5.38. The number of hydrogen-bond donors (Lipinski definition) is 1. The van der Waals surface area contributed by atoms with Crippen molar-refractivity contribution in [3.8, 4) is 11.5 Å². The molecule has 0 aliphatic carbocycles. The summed E-state index contributed by atoms with van der Waals surface area (Å²) in [5, 5.41) is 2.84. The van der Waals surface area contributed by atoms with Crippen LogP contribution in [0.15, 0.2) is 62.9 Å². The zero-order valence-corrected chi connectivity index (χ0v) is 16.7. The van der Waals surface area contributed by atoms with Crippen LogP contribution in [0.3, 0.4) is 0 Å². The highest BCUT2D eigenvalue weighted by atomic mass is 32.2. The lowest BCUT2D eigenvalue weighted by Gasteiger charge is -2.10. The maximum absolute atomic E-state index is 13.3. The summed E-state index contributed by atoms with van der Waals surface area (Å²) < 4.78 is 51.0. The molecule has 1 N–H and O–H groups in total.